The Kier molecular flexibility index (Phi) is 2.96. The molecule has 0 spiro atoms. The summed E-state index contributed by atoms with van der Waals surface area (Å²) in [6.45, 7) is 4.13. The molecule has 18 heavy (non-hydrogen) atoms. The van der Waals surface area contributed by atoms with Crippen LogP contribution in [0.3, 0.4) is 0 Å². The largest absolute Gasteiger partial charge is 0.341 e. The van der Waals surface area contributed by atoms with Crippen LogP contribution < -0.4 is 4.90 Å². The second kappa shape index (κ2) is 4.76. The maximum absolute atomic E-state index is 4.30. The first-order chi connectivity index (χ1) is 8.84. The van der Waals surface area contributed by atoms with Crippen LogP contribution in [0.4, 0.5) is 5.95 Å². The summed E-state index contributed by atoms with van der Waals surface area (Å²) >= 11 is 0. The summed E-state index contributed by atoms with van der Waals surface area (Å²) in [5, 5.41) is 7.24. The molecule has 5 nitrogen and oxygen atoms in total. The maximum atomic E-state index is 4.30. The number of aryl methyl sites for hydroxylation is 1. The Labute approximate surface area is 106 Å². The first-order valence-electron chi connectivity index (χ1n) is 6.36. The summed E-state index contributed by atoms with van der Waals surface area (Å²) in [5.74, 6) is 1.43. The van der Waals surface area contributed by atoms with Crippen molar-refractivity contribution in [3.05, 3.63) is 35.9 Å². The van der Waals surface area contributed by atoms with Gasteiger partial charge in [-0.3, -0.25) is 5.10 Å². The smallest absolute Gasteiger partial charge is 0.225 e. The predicted molar refractivity (Wildman–Crippen MR) is 69.5 cm³/mol. The normalized spacial score (nSPS) is 17.1. The number of aromatic amines is 1. The lowest BCUT2D eigenvalue weighted by molar-refractivity contribution is 0.488. The highest BCUT2D eigenvalue weighted by atomic mass is 15.2. The van der Waals surface area contributed by atoms with E-state index in [1.807, 2.05) is 12.3 Å². The quantitative estimate of drug-likeness (QED) is 0.875. The topological polar surface area (TPSA) is 57.7 Å². The molecule has 0 radical (unpaired) electrons. The fourth-order valence-corrected chi connectivity index (χ4v) is 2.59. The van der Waals surface area contributed by atoms with Gasteiger partial charge in [0, 0.05) is 37.1 Å². The molecule has 0 unspecified atom stereocenters. The number of H-pyrrole nitrogens is 1. The lowest BCUT2D eigenvalue weighted by atomic mass is 9.92. The number of anilines is 1. The Balaban J connectivity index is 1.67. The Morgan fingerprint density at radius 2 is 1.94 bits per heavy atom. The molecular weight excluding hydrogens is 226 g/mol. The van der Waals surface area contributed by atoms with E-state index in [0.29, 0.717) is 5.92 Å². The van der Waals surface area contributed by atoms with Crippen LogP contribution in [-0.4, -0.2) is 33.3 Å². The fraction of sp³-hybridized carbons (Fsp3) is 0.462. The summed E-state index contributed by atoms with van der Waals surface area (Å²) in [5.41, 5.74) is 2.56. The number of hydrogen-bond donors (Lipinski definition) is 1. The van der Waals surface area contributed by atoms with Gasteiger partial charge in [-0.25, -0.2) is 9.97 Å². The third kappa shape index (κ3) is 2.08. The number of rotatable bonds is 2. The van der Waals surface area contributed by atoms with Crippen LogP contribution in [0, 0.1) is 6.92 Å². The standard InChI is InChI=1S/C13H17N5/c1-10-9-16-17-12(10)11-3-7-18(8-4-11)13-14-5-2-6-15-13/h2,5-6,9,11H,3-4,7-8H2,1H3,(H,16,17). The summed E-state index contributed by atoms with van der Waals surface area (Å²) in [4.78, 5) is 10.9. The van der Waals surface area contributed by atoms with E-state index in [0.717, 1.165) is 31.9 Å². The molecule has 0 aliphatic carbocycles. The van der Waals surface area contributed by atoms with Crippen molar-refractivity contribution in [2.45, 2.75) is 25.7 Å². The van der Waals surface area contributed by atoms with Gasteiger partial charge in [-0.2, -0.15) is 5.10 Å². The lowest BCUT2D eigenvalue weighted by Crippen LogP contribution is -2.34. The SMILES string of the molecule is Cc1cn[nH]c1C1CCN(c2ncccn2)CC1. The van der Waals surface area contributed by atoms with E-state index < -0.39 is 0 Å². The zero-order valence-electron chi connectivity index (χ0n) is 10.5. The molecule has 5 heteroatoms. The van der Waals surface area contributed by atoms with E-state index >= 15 is 0 Å². The summed E-state index contributed by atoms with van der Waals surface area (Å²) in [6.07, 6.45) is 7.76. The van der Waals surface area contributed by atoms with Crippen LogP contribution in [0.2, 0.25) is 0 Å². The predicted octanol–water partition coefficient (Wildman–Crippen LogP) is 1.89. The van der Waals surface area contributed by atoms with Crippen molar-refractivity contribution in [1.82, 2.24) is 20.2 Å². The molecule has 94 valence electrons. The maximum Gasteiger partial charge on any atom is 0.225 e. The second-order valence-electron chi connectivity index (χ2n) is 4.78. The molecule has 1 fully saturated rings. The molecule has 0 atom stereocenters. The minimum absolute atomic E-state index is 0.590. The number of aromatic nitrogens is 4. The molecule has 0 saturated carbocycles. The summed E-state index contributed by atoms with van der Waals surface area (Å²) < 4.78 is 0. The third-order valence-electron chi connectivity index (χ3n) is 3.61. The van der Waals surface area contributed by atoms with E-state index in [1.165, 1.54) is 11.3 Å². The van der Waals surface area contributed by atoms with Gasteiger partial charge < -0.3 is 4.90 Å². The van der Waals surface area contributed by atoms with Crippen LogP contribution in [0.25, 0.3) is 0 Å². The van der Waals surface area contributed by atoms with Crippen LogP contribution in [0.5, 0.6) is 0 Å². The number of hydrogen-bond acceptors (Lipinski definition) is 4. The van der Waals surface area contributed by atoms with E-state index in [1.54, 1.807) is 12.4 Å². The molecule has 2 aromatic rings. The molecule has 2 aromatic heterocycles. The molecule has 3 rings (SSSR count). The number of piperidine rings is 1. The fourth-order valence-electron chi connectivity index (χ4n) is 2.59. The molecule has 3 heterocycles. The van der Waals surface area contributed by atoms with E-state index in [4.69, 9.17) is 0 Å². The van der Waals surface area contributed by atoms with E-state index in [2.05, 4.69) is 32.0 Å². The van der Waals surface area contributed by atoms with Gasteiger partial charge in [0.2, 0.25) is 5.95 Å². The van der Waals surface area contributed by atoms with Gasteiger partial charge in [-0.1, -0.05) is 0 Å². The highest BCUT2D eigenvalue weighted by Crippen LogP contribution is 2.29. The van der Waals surface area contributed by atoms with Gasteiger partial charge in [0.1, 0.15) is 0 Å². The minimum Gasteiger partial charge on any atom is -0.341 e. The highest BCUT2D eigenvalue weighted by Gasteiger charge is 2.23. The molecule has 1 N–H and O–H groups in total. The van der Waals surface area contributed by atoms with Crippen molar-refractivity contribution in [1.29, 1.82) is 0 Å². The number of nitrogens with zero attached hydrogens (tertiary/aromatic N) is 4. The van der Waals surface area contributed by atoms with E-state index in [9.17, 15) is 0 Å². The van der Waals surface area contributed by atoms with Crippen molar-refractivity contribution < 1.29 is 0 Å². The van der Waals surface area contributed by atoms with Crippen molar-refractivity contribution in [2.75, 3.05) is 18.0 Å². The first-order valence-corrected chi connectivity index (χ1v) is 6.36. The van der Waals surface area contributed by atoms with Gasteiger partial charge >= 0.3 is 0 Å². The van der Waals surface area contributed by atoms with Gasteiger partial charge in [0.25, 0.3) is 0 Å². The number of nitrogens with one attached hydrogen (secondary N) is 1. The zero-order valence-corrected chi connectivity index (χ0v) is 10.5. The van der Waals surface area contributed by atoms with Crippen molar-refractivity contribution in [3.8, 4) is 0 Å². The van der Waals surface area contributed by atoms with Crippen LogP contribution in [-0.2, 0) is 0 Å². The molecule has 0 amide bonds. The second-order valence-corrected chi connectivity index (χ2v) is 4.78. The Morgan fingerprint density at radius 3 is 2.56 bits per heavy atom. The Hall–Kier alpha value is -1.91. The van der Waals surface area contributed by atoms with Gasteiger partial charge in [-0.05, 0) is 31.4 Å². The molecular formula is C13H17N5. The molecule has 1 saturated heterocycles. The highest BCUT2D eigenvalue weighted by molar-refractivity contribution is 5.30. The average molecular weight is 243 g/mol. The van der Waals surface area contributed by atoms with Crippen molar-refractivity contribution in [3.63, 3.8) is 0 Å². The average Bonchev–Trinajstić information content (AvgIpc) is 2.86. The molecule has 0 bridgehead atoms. The van der Waals surface area contributed by atoms with Crippen LogP contribution in [0.1, 0.15) is 30.0 Å². The van der Waals surface area contributed by atoms with Gasteiger partial charge in [-0.15, -0.1) is 0 Å². The third-order valence-corrected chi connectivity index (χ3v) is 3.61. The van der Waals surface area contributed by atoms with Gasteiger partial charge in [0.15, 0.2) is 0 Å². The Bertz CT molecular complexity index is 499. The Morgan fingerprint density at radius 1 is 1.22 bits per heavy atom. The molecule has 0 aromatic carbocycles. The molecule has 1 aliphatic rings. The van der Waals surface area contributed by atoms with E-state index in [-0.39, 0.29) is 0 Å². The monoisotopic (exact) mass is 243 g/mol. The van der Waals surface area contributed by atoms with Crippen molar-refractivity contribution >= 4 is 5.95 Å². The summed E-state index contributed by atoms with van der Waals surface area (Å²) in [6, 6.07) is 1.85. The van der Waals surface area contributed by atoms with Crippen LogP contribution >= 0.6 is 0 Å². The first kappa shape index (κ1) is 11.2. The van der Waals surface area contributed by atoms with Crippen molar-refractivity contribution in [2.24, 2.45) is 0 Å². The lowest BCUT2D eigenvalue weighted by Gasteiger charge is -2.31. The zero-order chi connectivity index (χ0) is 12.4. The summed E-state index contributed by atoms with van der Waals surface area (Å²) in [7, 11) is 0. The molecule has 1 aliphatic heterocycles. The van der Waals surface area contributed by atoms with Gasteiger partial charge in [0.05, 0.1) is 6.20 Å². The van der Waals surface area contributed by atoms with Crippen LogP contribution in [0.15, 0.2) is 24.7 Å². The minimum atomic E-state index is 0.590.